The summed E-state index contributed by atoms with van der Waals surface area (Å²) in [5, 5.41) is 0. The van der Waals surface area contributed by atoms with Gasteiger partial charge in [0.05, 0.1) is 6.61 Å². The second kappa shape index (κ2) is 4.16. The van der Waals surface area contributed by atoms with E-state index < -0.39 is 0 Å². The lowest BCUT2D eigenvalue weighted by atomic mass is 10.3. The quantitative estimate of drug-likeness (QED) is 0.456. The van der Waals surface area contributed by atoms with Gasteiger partial charge in [-0.05, 0) is 32.1 Å². The maximum atomic E-state index is 10.7. The average molecular weight is 154 g/mol. The van der Waals surface area contributed by atoms with Crippen LogP contribution in [0.4, 0.5) is 0 Å². The molecular weight excluding hydrogens is 140 g/mol. The first-order valence-corrected chi connectivity index (χ1v) is 4.16. The van der Waals surface area contributed by atoms with Gasteiger partial charge in [0.25, 0.3) is 0 Å². The zero-order valence-electron chi connectivity index (χ0n) is 6.88. The molecule has 62 valence electrons. The summed E-state index contributed by atoms with van der Waals surface area (Å²) in [6.45, 7) is 2.28. The summed E-state index contributed by atoms with van der Waals surface area (Å²) in [6.07, 6.45) is 7.14. The Hall–Kier alpha value is -0.790. The zero-order valence-corrected chi connectivity index (χ0v) is 6.88. The summed E-state index contributed by atoms with van der Waals surface area (Å²) in [5.74, 6) is 0.633. The summed E-state index contributed by atoms with van der Waals surface area (Å²) in [7, 11) is 0. The fraction of sp³-hybridized carbons (Fsp3) is 0.667. The van der Waals surface area contributed by atoms with Gasteiger partial charge in [-0.1, -0.05) is 6.08 Å². The van der Waals surface area contributed by atoms with Gasteiger partial charge in [0.2, 0.25) is 0 Å². The third kappa shape index (κ3) is 3.81. The number of esters is 1. The van der Waals surface area contributed by atoms with Crippen LogP contribution in [0.5, 0.6) is 0 Å². The number of allylic oxidation sites excluding steroid dienone is 1. The van der Waals surface area contributed by atoms with E-state index in [0.29, 0.717) is 6.61 Å². The molecule has 2 nitrogen and oxygen atoms in total. The zero-order chi connectivity index (χ0) is 8.10. The molecule has 0 heterocycles. The van der Waals surface area contributed by atoms with Crippen molar-refractivity contribution < 1.29 is 9.53 Å². The Kier molecular flexibility index (Phi) is 3.14. The van der Waals surface area contributed by atoms with E-state index in [1.807, 2.05) is 13.0 Å². The van der Waals surface area contributed by atoms with E-state index in [1.165, 1.54) is 18.9 Å². The van der Waals surface area contributed by atoms with Crippen LogP contribution < -0.4 is 0 Å². The SMILES string of the molecule is CCOC(=O)/C=C/CC1CC1. The highest BCUT2D eigenvalue weighted by molar-refractivity contribution is 5.81. The van der Waals surface area contributed by atoms with E-state index in [-0.39, 0.29) is 5.97 Å². The lowest BCUT2D eigenvalue weighted by molar-refractivity contribution is -0.137. The third-order valence-electron chi connectivity index (χ3n) is 1.71. The Morgan fingerprint density at radius 3 is 2.91 bits per heavy atom. The third-order valence-corrected chi connectivity index (χ3v) is 1.71. The van der Waals surface area contributed by atoms with Gasteiger partial charge in [0, 0.05) is 6.08 Å². The highest BCUT2D eigenvalue weighted by atomic mass is 16.5. The van der Waals surface area contributed by atoms with Crippen molar-refractivity contribution in [2.24, 2.45) is 5.92 Å². The fourth-order valence-corrected chi connectivity index (χ4v) is 0.901. The molecule has 0 unspecified atom stereocenters. The van der Waals surface area contributed by atoms with Crippen molar-refractivity contribution in [2.75, 3.05) is 6.61 Å². The first-order valence-electron chi connectivity index (χ1n) is 4.16. The molecule has 0 bridgehead atoms. The number of hydrogen-bond donors (Lipinski definition) is 0. The number of hydrogen-bond acceptors (Lipinski definition) is 2. The van der Waals surface area contributed by atoms with E-state index in [2.05, 4.69) is 0 Å². The number of ether oxygens (including phenoxy) is 1. The maximum absolute atomic E-state index is 10.7. The van der Waals surface area contributed by atoms with Gasteiger partial charge in [-0.2, -0.15) is 0 Å². The number of carbonyl (C=O) groups is 1. The standard InChI is InChI=1S/C9H14O2/c1-2-11-9(10)5-3-4-8-6-7-8/h3,5,8H,2,4,6-7H2,1H3/b5-3+. The minimum Gasteiger partial charge on any atom is -0.463 e. The molecule has 0 atom stereocenters. The Bertz CT molecular complexity index is 157. The molecule has 1 rings (SSSR count). The highest BCUT2D eigenvalue weighted by Gasteiger charge is 2.18. The highest BCUT2D eigenvalue weighted by Crippen LogP contribution is 2.32. The van der Waals surface area contributed by atoms with E-state index >= 15 is 0 Å². The number of carbonyl (C=O) groups excluding carboxylic acids is 1. The summed E-state index contributed by atoms with van der Waals surface area (Å²) < 4.78 is 4.72. The average Bonchev–Trinajstić information content (AvgIpc) is 2.72. The van der Waals surface area contributed by atoms with Crippen LogP contribution in [0.15, 0.2) is 12.2 Å². The second-order valence-electron chi connectivity index (χ2n) is 2.83. The summed E-state index contributed by atoms with van der Waals surface area (Å²) in [5.41, 5.74) is 0. The summed E-state index contributed by atoms with van der Waals surface area (Å²) in [6, 6.07) is 0. The predicted octanol–water partition coefficient (Wildman–Crippen LogP) is 1.91. The van der Waals surface area contributed by atoms with Crippen molar-refractivity contribution in [1.82, 2.24) is 0 Å². The molecule has 1 fully saturated rings. The second-order valence-corrected chi connectivity index (χ2v) is 2.83. The normalized spacial score (nSPS) is 17.2. The first kappa shape index (κ1) is 8.31. The molecule has 1 aliphatic rings. The van der Waals surface area contributed by atoms with Crippen molar-refractivity contribution in [3.63, 3.8) is 0 Å². The van der Waals surface area contributed by atoms with Crippen LogP contribution >= 0.6 is 0 Å². The smallest absolute Gasteiger partial charge is 0.330 e. The molecule has 0 N–H and O–H groups in total. The Labute approximate surface area is 67.2 Å². The molecule has 0 aliphatic heterocycles. The van der Waals surface area contributed by atoms with Crippen molar-refractivity contribution in [1.29, 1.82) is 0 Å². The van der Waals surface area contributed by atoms with Gasteiger partial charge in [0.1, 0.15) is 0 Å². The van der Waals surface area contributed by atoms with Crippen LogP contribution in [0.1, 0.15) is 26.2 Å². The topological polar surface area (TPSA) is 26.3 Å². The molecule has 1 aliphatic carbocycles. The molecule has 0 aromatic rings. The molecule has 0 aromatic carbocycles. The lowest BCUT2D eigenvalue weighted by Gasteiger charge is -1.93. The van der Waals surface area contributed by atoms with Crippen molar-refractivity contribution in [2.45, 2.75) is 26.2 Å². The summed E-state index contributed by atoms with van der Waals surface area (Å²) in [4.78, 5) is 10.7. The minimum atomic E-state index is -0.215. The van der Waals surface area contributed by atoms with E-state index in [1.54, 1.807) is 0 Å². The molecular formula is C9H14O2. The molecule has 0 aromatic heterocycles. The summed E-state index contributed by atoms with van der Waals surface area (Å²) >= 11 is 0. The maximum Gasteiger partial charge on any atom is 0.330 e. The van der Waals surface area contributed by atoms with E-state index in [4.69, 9.17) is 4.74 Å². The molecule has 1 saturated carbocycles. The van der Waals surface area contributed by atoms with E-state index in [0.717, 1.165) is 12.3 Å². The van der Waals surface area contributed by atoms with Gasteiger partial charge in [-0.3, -0.25) is 0 Å². The molecule has 0 amide bonds. The van der Waals surface area contributed by atoms with Crippen LogP contribution in [0.2, 0.25) is 0 Å². The number of rotatable bonds is 4. The molecule has 0 radical (unpaired) electrons. The van der Waals surface area contributed by atoms with Crippen molar-refractivity contribution in [3.8, 4) is 0 Å². The van der Waals surface area contributed by atoms with Crippen molar-refractivity contribution >= 4 is 5.97 Å². The minimum absolute atomic E-state index is 0.215. The molecule has 0 spiro atoms. The monoisotopic (exact) mass is 154 g/mol. The van der Waals surface area contributed by atoms with Crippen LogP contribution in [-0.2, 0) is 9.53 Å². The van der Waals surface area contributed by atoms with E-state index in [9.17, 15) is 4.79 Å². The van der Waals surface area contributed by atoms with Gasteiger partial charge < -0.3 is 4.74 Å². The Balaban J connectivity index is 2.06. The molecule has 0 saturated heterocycles. The molecule has 11 heavy (non-hydrogen) atoms. The Morgan fingerprint density at radius 1 is 1.64 bits per heavy atom. The van der Waals surface area contributed by atoms with Gasteiger partial charge >= 0.3 is 5.97 Å². The largest absolute Gasteiger partial charge is 0.463 e. The lowest BCUT2D eigenvalue weighted by Crippen LogP contribution is -1.98. The van der Waals surface area contributed by atoms with Crippen molar-refractivity contribution in [3.05, 3.63) is 12.2 Å². The molecule has 2 heteroatoms. The van der Waals surface area contributed by atoms with Crippen LogP contribution in [-0.4, -0.2) is 12.6 Å². The Morgan fingerprint density at radius 2 is 2.36 bits per heavy atom. The van der Waals surface area contributed by atoms with Crippen LogP contribution in [0.25, 0.3) is 0 Å². The predicted molar refractivity (Wildman–Crippen MR) is 43.1 cm³/mol. The van der Waals surface area contributed by atoms with Crippen LogP contribution in [0.3, 0.4) is 0 Å². The van der Waals surface area contributed by atoms with Crippen LogP contribution in [0, 0.1) is 5.92 Å². The van der Waals surface area contributed by atoms with Gasteiger partial charge in [0.15, 0.2) is 0 Å². The van der Waals surface area contributed by atoms with Gasteiger partial charge in [-0.25, -0.2) is 4.79 Å². The fourth-order valence-electron chi connectivity index (χ4n) is 0.901. The first-order chi connectivity index (χ1) is 5.33. The van der Waals surface area contributed by atoms with Gasteiger partial charge in [-0.15, -0.1) is 0 Å².